The van der Waals surface area contributed by atoms with Crippen LogP contribution in [0.1, 0.15) is 12.6 Å². The molecular weight excluding hydrogens is 206 g/mol. The van der Waals surface area contributed by atoms with Crippen molar-refractivity contribution in [3.05, 3.63) is 22.1 Å². The number of hydrogen-bond donors (Lipinski definition) is 2. The topological polar surface area (TPSA) is 66.9 Å². The van der Waals surface area contributed by atoms with Gasteiger partial charge >= 0.3 is 0 Å². The van der Waals surface area contributed by atoms with Crippen LogP contribution < -0.4 is 10.9 Å². The van der Waals surface area contributed by atoms with E-state index in [0.717, 1.165) is 0 Å². The number of aryl methyl sites for hydroxylation is 1. The molecule has 78 valence electrons. The fourth-order valence-corrected chi connectivity index (χ4v) is 1.04. The maximum atomic E-state index is 11.1. The number of H-pyrrole nitrogens is 1. The van der Waals surface area contributed by atoms with Gasteiger partial charge in [0.25, 0.3) is 5.56 Å². The summed E-state index contributed by atoms with van der Waals surface area (Å²) in [4.78, 5) is 22.1. The fourth-order valence-electron chi connectivity index (χ4n) is 0.962. The second-order valence-electron chi connectivity index (χ2n) is 3.01. The molecule has 0 saturated heterocycles. The van der Waals surface area contributed by atoms with E-state index in [1.165, 1.54) is 10.7 Å². The van der Waals surface area contributed by atoms with Crippen molar-refractivity contribution in [2.24, 2.45) is 7.05 Å². The molecule has 1 aromatic rings. The highest BCUT2D eigenvalue weighted by Crippen LogP contribution is 1.94. The first-order valence-electron chi connectivity index (χ1n) is 4.17. The quantitative estimate of drug-likeness (QED) is 0.698. The summed E-state index contributed by atoms with van der Waals surface area (Å²) in [6.07, 6.45) is 0. The third kappa shape index (κ3) is 2.63. The maximum Gasteiger partial charge on any atom is 0.266 e. The van der Waals surface area contributed by atoms with Gasteiger partial charge in [-0.3, -0.25) is 19.4 Å². The Morgan fingerprint density at radius 3 is 2.86 bits per heavy atom. The van der Waals surface area contributed by atoms with Crippen molar-refractivity contribution >= 4 is 17.5 Å². The summed E-state index contributed by atoms with van der Waals surface area (Å²) in [6.45, 7) is 1.87. The molecule has 0 saturated carbocycles. The third-order valence-corrected chi connectivity index (χ3v) is 1.95. The lowest BCUT2D eigenvalue weighted by Gasteiger charge is -2.04. The number of halogens is 1. The second kappa shape index (κ2) is 4.32. The van der Waals surface area contributed by atoms with E-state index in [1.54, 1.807) is 14.0 Å². The van der Waals surface area contributed by atoms with Crippen LogP contribution in [0.5, 0.6) is 0 Å². The van der Waals surface area contributed by atoms with E-state index >= 15 is 0 Å². The van der Waals surface area contributed by atoms with Gasteiger partial charge in [0.2, 0.25) is 5.91 Å². The molecule has 0 aromatic carbocycles. The summed E-state index contributed by atoms with van der Waals surface area (Å²) in [5.74, 6) is -0.253. The Morgan fingerprint density at radius 1 is 1.79 bits per heavy atom. The van der Waals surface area contributed by atoms with E-state index in [4.69, 9.17) is 11.6 Å². The van der Waals surface area contributed by atoms with Crippen molar-refractivity contribution in [2.45, 2.75) is 18.8 Å². The van der Waals surface area contributed by atoms with Gasteiger partial charge in [-0.05, 0) is 6.92 Å². The van der Waals surface area contributed by atoms with Crippen molar-refractivity contribution < 1.29 is 4.79 Å². The minimum absolute atomic E-state index is 0.131. The number of aromatic amines is 1. The Bertz CT molecular complexity index is 380. The molecule has 1 aromatic heterocycles. The van der Waals surface area contributed by atoms with Crippen molar-refractivity contribution in [1.82, 2.24) is 15.1 Å². The van der Waals surface area contributed by atoms with Crippen LogP contribution in [0.2, 0.25) is 0 Å². The zero-order chi connectivity index (χ0) is 10.7. The Morgan fingerprint density at radius 2 is 2.43 bits per heavy atom. The van der Waals surface area contributed by atoms with Gasteiger partial charge in [-0.15, -0.1) is 11.6 Å². The molecule has 1 atom stereocenters. The highest BCUT2D eigenvalue weighted by Gasteiger charge is 2.08. The first-order chi connectivity index (χ1) is 6.50. The molecular formula is C8H12ClN3O2. The number of rotatable bonds is 3. The van der Waals surface area contributed by atoms with Crippen LogP contribution in [0.4, 0.5) is 0 Å². The number of carbonyl (C=O) groups excluding carboxylic acids is 1. The Kier molecular flexibility index (Phi) is 3.35. The molecule has 5 nitrogen and oxygen atoms in total. The zero-order valence-electron chi connectivity index (χ0n) is 8.00. The van der Waals surface area contributed by atoms with Crippen molar-refractivity contribution in [2.75, 3.05) is 0 Å². The molecule has 1 amide bonds. The minimum atomic E-state index is -0.564. The Hall–Kier alpha value is -1.23. The Balaban J connectivity index is 2.54. The zero-order valence-corrected chi connectivity index (χ0v) is 8.76. The van der Waals surface area contributed by atoms with Crippen LogP contribution in [0.15, 0.2) is 10.9 Å². The van der Waals surface area contributed by atoms with Crippen molar-refractivity contribution in [3.63, 3.8) is 0 Å². The van der Waals surface area contributed by atoms with Gasteiger partial charge in [0.05, 0.1) is 12.2 Å². The molecule has 0 aliphatic carbocycles. The number of nitrogens with zero attached hydrogens (tertiary/aromatic N) is 1. The van der Waals surface area contributed by atoms with Crippen LogP contribution >= 0.6 is 11.6 Å². The summed E-state index contributed by atoms with van der Waals surface area (Å²) in [5.41, 5.74) is 0.524. The second-order valence-corrected chi connectivity index (χ2v) is 3.67. The number of carbonyl (C=O) groups is 1. The molecule has 0 fully saturated rings. The predicted octanol–water partition coefficient (Wildman–Crippen LogP) is -0.0431. The van der Waals surface area contributed by atoms with Gasteiger partial charge in [-0.2, -0.15) is 0 Å². The maximum absolute atomic E-state index is 11.1. The van der Waals surface area contributed by atoms with Crippen molar-refractivity contribution in [3.8, 4) is 0 Å². The van der Waals surface area contributed by atoms with Gasteiger partial charge in [0.15, 0.2) is 0 Å². The number of aromatic nitrogens is 2. The van der Waals surface area contributed by atoms with Gasteiger partial charge in [0, 0.05) is 13.1 Å². The van der Waals surface area contributed by atoms with Crippen molar-refractivity contribution in [1.29, 1.82) is 0 Å². The van der Waals surface area contributed by atoms with E-state index in [-0.39, 0.29) is 18.0 Å². The molecule has 2 N–H and O–H groups in total. The van der Waals surface area contributed by atoms with Crippen LogP contribution in [-0.4, -0.2) is 21.1 Å². The van der Waals surface area contributed by atoms with E-state index < -0.39 is 5.38 Å². The highest BCUT2D eigenvalue weighted by molar-refractivity contribution is 6.30. The van der Waals surface area contributed by atoms with E-state index in [1.807, 2.05) is 0 Å². The summed E-state index contributed by atoms with van der Waals surface area (Å²) in [7, 11) is 1.61. The lowest BCUT2D eigenvalue weighted by Crippen LogP contribution is -2.29. The number of nitrogens with one attached hydrogen (secondary N) is 2. The van der Waals surface area contributed by atoms with Gasteiger partial charge in [-0.25, -0.2) is 0 Å². The van der Waals surface area contributed by atoms with E-state index in [0.29, 0.717) is 5.69 Å². The number of amides is 1. The minimum Gasteiger partial charge on any atom is -0.349 e. The van der Waals surface area contributed by atoms with Crippen LogP contribution in [-0.2, 0) is 18.4 Å². The summed E-state index contributed by atoms with van der Waals surface area (Å²) in [6, 6.07) is 1.43. The molecule has 0 aliphatic rings. The van der Waals surface area contributed by atoms with E-state index in [9.17, 15) is 9.59 Å². The fraction of sp³-hybridized carbons (Fsp3) is 0.500. The number of alkyl halides is 1. The van der Waals surface area contributed by atoms with E-state index in [2.05, 4.69) is 10.4 Å². The third-order valence-electron chi connectivity index (χ3n) is 1.75. The monoisotopic (exact) mass is 217 g/mol. The first-order valence-corrected chi connectivity index (χ1v) is 4.61. The molecule has 6 heteroatoms. The standard InChI is InChI=1S/C8H12ClN3O2/c1-5(9)8(14)10-4-6-3-7(13)12(2)11-6/h3,5,11H,4H2,1-2H3,(H,10,14). The van der Waals surface area contributed by atoms with Crippen LogP contribution in [0.25, 0.3) is 0 Å². The summed E-state index contributed by atoms with van der Waals surface area (Å²) >= 11 is 5.54. The van der Waals surface area contributed by atoms with Crippen LogP contribution in [0.3, 0.4) is 0 Å². The normalized spacial score (nSPS) is 12.5. The molecule has 1 heterocycles. The summed E-state index contributed by atoms with van der Waals surface area (Å²) in [5, 5.41) is 4.81. The first kappa shape index (κ1) is 10.8. The molecule has 14 heavy (non-hydrogen) atoms. The Labute approximate surface area is 86.0 Å². The molecule has 0 aliphatic heterocycles. The van der Waals surface area contributed by atoms with Gasteiger partial charge in [0.1, 0.15) is 5.38 Å². The smallest absolute Gasteiger partial charge is 0.266 e. The predicted molar refractivity (Wildman–Crippen MR) is 53.2 cm³/mol. The SMILES string of the molecule is CC(Cl)C(=O)NCc1cc(=O)n(C)[nH]1. The largest absolute Gasteiger partial charge is 0.349 e. The molecule has 1 rings (SSSR count). The van der Waals surface area contributed by atoms with Gasteiger partial charge < -0.3 is 5.32 Å². The molecule has 0 spiro atoms. The molecule has 0 radical (unpaired) electrons. The molecule has 1 unspecified atom stereocenters. The number of hydrogen-bond acceptors (Lipinski definition) is 2. The van der Waals surface area contributed by atoms with Gasteiger partial charge in [-0.1, -0.05) is 0 Å². The molecule has 0 bridgehead atoms. The van der Waals surface area contributed by atoms with Crippen LogP contribution in [0, 0.1) is 0 Å². The average molecular weight is 218 g/mol. The highest BCUT2D eigenvalue weighted by atomic mass is 35.5. The lowest BCUT2D eigenvalue weighted by molar-refractivity contribution is -0.120. The average Bonchev–Trinajstić information content (AvgIpc) is 2.42. The lowest BCUT2D eigenvalue weighted by atomic mass is 10.4. The summed E-state index contributed by atoms with van der Waals surface area (Å²) < 4.78 is 1.34.